The smallest absolute Gasteiger partial charge is 0.417 e. The zero-order valence-electron chi connectivity index (χ0n) is 22.9. The summed E-state index contributed by atoms with van der Waals surface area (Å²) in [4.78, 5) is 43.8. The summed E-state index contributed by atoms with van der Waals surface area (Å²) in [5, 5.41) is 0. The number of carbonyl (C=O) groups excluding carboxylic acids is 3. The number of hydrogen-bond donors (Lipinski definition) is 0. The van der Waals surface area contributed by atoms with Crippen molar-refractivity contribution in [3.8, 4) is 17.2 Å². The lowest BCUT2D eigenvalue weighted by Crippen LogP contribution is -2.46. The van der Waals surface area contributed by atoms with Crippen molar-refractivity contribution < 1.29 is 33.0 Å². The largest absolute Gasteiger partial charge is 0.493 e. The second-order valence-electron chi connectivity index (χ2n) is 10.5. The number of esters is 1. The second kappa shape index (κ2) is 11.7. The van der Waals surface area contributed by atoms with E-state index in [9.17, 15) is 14.4 Å². The van der Waals surface area contributed by atoms with Crippen molar-refractivity contribution >= 4 is 18.0 Å². The lowest BCUT2D eigenvalue weighted by atomic mass is 9.96. The zero-order chi connectivity index (χ0) is 28.2. The highest BCUT2D eigenvalue weighted by atomic mass is 16.6. The van der Waals surface area contributed by atoms with E-state index in [2.05, 4.69) is 4.98 Å². The monoisotopic (exact) mass is 534 g/mol. The minimum absolute atomic E-state index is 0.158. The van der Waals surface area contributed by atoms with Gasteiger partial charge in [-0.1, -0.05) is 30.3 Å². The van der Waals surface area contributed by atoms with Crippen molar-refractivity contribution in [3.05, 3.63) is 71.6 Å². The quantitative estimate of drug-likeness (QED) is 0.366. The molecule has 2 heterocycles. The molecule has 1 aliphatic heterocycles. The number of likely N-dealkylation sites (tertiary alicyclic amines) is 1. The first-order valence-electron chi connectivity index (χ1n) is 12.9. The van der Waals surface area contributed by atoms with Crippen LogP contribution in [0.1, 0.15) is 44.2 Å². The number of aryl methyl sites for hydroxylation is 1. The average Bonchev–Trinajstić information content (AvgIpc) is 3.43. The molecule has 1 fully saturated rings. The van der Waals surface area contributed by atoms with Gasteiger partial charge in [0.1, 0.15) is 23.2 Å². The molecular weight excluding hydrogens is 500 g/mol. The van der Waals surface area contributed by atoms with Crippen LogP contribution in [0.5, 0.6) is 5.75 Å². The van der Waals surface area contributed by atoms with E-state index in [1.165, 1.54) is 7.11 Å². The number of ether oxygens (including phenoxy) is 3. The van der Waals surface area contributed by atoms with E-state index >= 15 is 0 Å². The molecule has 2 amide bonds. The number of amides is 2. The molecule has 9 heteroatoms. The Kier molecular flexibility index (Phi) is 8.38. The normalized spacial score (nSPS) is 17.3. The summed E-state index contributed by atoms with van der Waals surface area (Å²) < 4.78 is 22.0. The molecule has 1 saturated heterocycles. The van der Waals surface area contributed by atoms with E-state index in [0.29, 0.717) is 31.1 Å². The summed E-state index contributed by atoms with van der Waals surface area (Å²) in [6.45, 7) is 7.38. The fraction of sp³-hybridized carbons (Fsp3) is 0.400. The number of carbonyl (C=O) groups is 3. The van der Waals surface area contributed by atoms with Gasteiger partial charge in [0, 0.05) is 17.9 Å². The van der Waals surface area contributed by atoms with Crippen LogP contribution in [0.25, 0.3) is 11.5 Å². The molecule has 2 atom stereocenters. The van der Waals surface area contributed by atoms with Crippen LogP contribution in [-0.4, -0.2) is 53.2 Å². The molecular formula is C30H34N2O7. The van der Waals surface area contributed by atoms with Crippen molar-refractivity contribution in [1.29, 1.82) is 0 Å². The molecule has 2 aromatic carbocycles. The van der Waals surface area contributed by atoms with Gasteiger partial charge >= 0.3 is 12.1 Å². The molecule has 0 unspecified atom stereocenters. The molecule has 1 aliphatic rings. The molecule has 0 aliphatic carbocycles. The highest BCUT2D eigenvalue weighted by Gasteiger charge is 2.48. The Balaban J connectivity index is 1.39. The van der Waals surface area contributed by atoms with Gasteiger partial charge in [-0.25, -0.2) is 19.5 Å². The second-order valence-corrected chi connectivity index (χ2v) is 10.5. The zero-order valence-corrected chi connectivity index (χ0v) is 22.9. The summed E-state index contributed by atoms with van der Waals surface area (Å²) in [7, 11) is 1.23. The SMILES string of the molecule is COC(=O)[C@@H]1C[C@H](Cc2cccc(OCCc3nc(-c4ccccc4)oc3C)c2)C(=O)N1C(=O)OC(C)(C)C. The molecule has 39 heavy (non-hydrogen) atoms. The third-order valence-electron chi connectivity index (χ3n) is 6.37. The van der Waals surface area contributed by atoms with E-state index in [1.54, 1.807) is 20.8 Å². The van der Waals surface area contributed by atoms with Gasteiger partial charge in [0.15, 0.2) is 0 Å². The van der Waals surface area contributed by atoms with Crippen LogP contribution in [0.15, 0.2) is 59.0 Å². The van der Waals surface area contributed by atoms with Crippen molar-refractivity contribution in [3.63, 3.8) is 0 Å². The fourth-order valence-electron chi connectivity index (χ4n) is 4.54. The Bertz CT molecular complexity index is 1330. The van der Waals surface area contributed by atoms with Crippen molar-refractivity contribution in [1.82, 2.24) is 9.88 Å². The predicted octanol–water partition coefficient (Wildman–Crippen LogP) is 5.14. The van der Waals surface area contributed by atoms with E-state index in [-0.39, 0.29) is 6.42 Å². The maximum Gasteiger partial charge on any atom is 0.417 e. The number of aromatic nitrogens is 1. The minimum Gasteiger partial charge on any atom is -0.493 e. The lowest BCUT2D eigenvalue weighted by Gasteiger charge is -2.26. The molecule has 206 valence electrons. The summed E-state index contributed by atoms with van der Waals surface area (Å²) in [6.07, 6.45) is 0.219. The number of benzene rings is 2. The number of imide groups is 1. The molecule has 0 bridgehead atoms. The Hall–Kier alpha value is -4.14. The van der Waals surface area contributed by atoms with Crippen LogP contribution < -0.4 is 4.74 Å². The van der Waals surface area contributed by atoms with Crippen molar-refractivity contribution in [2.24, 2.45) is 5.92 Å². The molecule has 4 rings (SSSR count). The van der Waals surface area contributed by atoms with E-state index in [4.69, 9.17) is 18.6 Å². The van der Waals surface area contributed by atoms with E-state index in [1.807, 2.05) is 61.5 Å². The Morgan fingerprint density at radius 2 is 1.85 bits per heavy atom. The average molecular weight is 535 g/mol. The summed E-state index contributed by atoms with van der Waals surface area (Å²) >= 11 is 0. The maximum atomic E-state index is 13.2. The standard InChI is InChI=1S/C30H34N2O7/c1-19-24(31-26(38-19)21-11-7-6-8-12-21)14-15-37-23-13-9-10-20(17-23)16-22-18-25(28(34)36-5)32(27(22)33)29(35)39-30(2,3)4/h6-13,17,22,25H,14-16,18H2,1-5H3/t22-,25-/m0/s1. The van der Waals surface area contributed by atoms with Gasteiger partial charge < -0.3 is 18.6 Å². The first-order chi connectivity index (χ1) is 18.6. The molecule has 0 N–H and O–H groups in total. The van der Waals surface area contributed by atoms with Crippen LogP contribution in [0.3, 0.4) is 0 Å². The summed E-state index contributed by atoms with van der Waals surface area (Å²) in [6, 6.07) is 16.1. The first-order valence-corrected chi connectivity index (χ1v) is 12.9. The Morgan fingerprint density at radius 3 is 2.54 bits per heavy atom. The number of nitrogens with zero attached hydrogens (tertiary/aromatic N) is 2. The molecule has 0 radical (unpaired) electrons. The van der Waals surface area contributed by atoms with Gasteiger partial charge in [-0.05, 0) is 70.4 Å². The molecule has 3 aromatic rings. The highest BCUT2D eigenvalue weighted by molar-refractivity contribution is 6.00. The first kappa shape index (κ1) is 27.9. The van der Waals surface area contributed by atoms with E-state index in [0.717, 1.165) is 27.5 Å². The lowest BCUT2D eigenvalue weighted by molar-refractivity contribution is -0.148. The maximum absolute atomic E-state index is 13.2. The number of hydrogen-bond acceptors (Lipinski definition) is 8. The minimum atomic E-state index is -1.02. The number of methoxy groups -OCH3 is 1. The fourth-order valence-corrected chi connectivity index (χ4v) is 4.54. The van der Waals surface area contributed by atoms with Gasteiger partial charge in [-0.2, -0.15) is 0 Å². The van der Waals surface area contributed by atoms with Crippen molar-refractivity contribution in [2.75, 3.05) is 13.7 Å². The predicted molar refractivity (Wildman–Crippen MR) is 143 cm³/mol. The summed E-state index contributed by atoms with van der Waals surface area (Å²) in [5.41, 5.74) is 1.79. The van der Waals surface area contributed by atoms with Crippen LogP contribution >= 0.6 is 0 Å². The van der Waals surface area contributed by atoms with Crippen LogP contribution in [0, 0.1) is 12.8 Å². The van der Waals surface area contributed by atoms with Gasteiger partial charge in [0.25, 0.3) is 0 Å². The molecule has 0 spiro atoms. The third-order valence-corrected chi connectivity index (χ3v) is 6.37. The summed E-state index contributed by atoms with van der Waals surface area (Å²) in [5.74, 6) is 0.300. The van der Waals surface area contributed by atoms with Gasteiger partial charge in [-0.15, -0.1) is 0 Å². The topological polar surface area (TPSA) is 108 Å². The van der Waals surface area contributed by atoms with Gasteiger partial charge in [-0.3, -0.25) is 4.79 Å². The van der Waals surface area contributed by atoms with Crippen LogP contribution in [-0.2, 0) is 31.9 Å². The Labute approximate surface area is 228 Å². The third kappa shape index (κ3) is 6.85. The molecule has 0 saturated carbocycles. The number of rotatable bonds is 8. The van der Waals surface area contributed by atoms with Crippen molar-refractivity contribution in [2.45, 2.75) is 58.6 Å². The van der Waals surface area contributed by atoms with Crippen LogP contribution in [0.4, 0.5) is 4.79 Å². The highest BCUT2D eigenvalue weighted by Crippen LogP contribution is 2.31. The molecule has 9 nitrogen and oxygen atoms in total. The van der Waals surface area contributed by atoms with Crippen LogP contribution in [0.2, 0.25) is 0 Å². The van der Waals surface area contributed by atoms with Gasteiger partial charge in [0.2, 0.25) is 11.8 Å². The number of oxazole rings is 1. The molecule has 1 aromatic heterocycles. The Morgan fingerprint density at radius 1 is 1.10 bits per heavy atom. The van der Waals surface area contributed by atoms with Gasteiger partial charge in [0.05, 0.1) is 19.4 Å². The van der Waals surface area contributed by atoms with E-state index < -0.39 is 35.5 Å².